The van der Waals surface area contributed by atoms with Crippen LogP contribution >= 0.6 is 17.0 Å². The van der Waals surface area contributed by atoms with Gasteiger partial charge in [0.05, 0.1) is 0 Å². The van der Waals surface area contributed by atoms with Gasteiger partial charge in [-0.3, -0.25) is 4.90 Å². The molecule has 1 heterocycles. The van der Waals surface area contributed by atoms with Crippen LogP contribution in [0.5, 0.6) is 0 Å². The van der Waals surface area contributed by atoms with E-state index in [1.54, 1.807) is 0 Å². The average Bonchev–Trinajstić information content (AvgIpc) is 2.38. The Hall–Kier alpha value is -0.620. The molecule has 2 nitrogen and oxygen atoms in total. The summed E-state index contributed by atoms with van der Waals surface area (Å²) in [4.78, 5) is 4.25. The van der Waals surface area contributed by atoms with E-state index in [1.165, 1.54) is 6.42 Å². The molecular formula is C9H15BrN2. The molecule has 1 rings (SSSR count). The molecule has 0 aromatic carbocycles. The summed E-state index contributed by atoms with van der Waals surface area (Å²) < 4.78 is 0. The number of nitrogens with zero attached hydrogens (tertiary/aromatic N) is 2. The van der Waals surface area contributed by atoms with Gasteiger partial charge in [0.15, 0.2) is 0 Å². The van der Waals surface area contributed by atoms with Crippen molar-refractivity contribution in [2.24, 2.45) is 0 Å². The molecule has 1 aliphatic rings. The van der Waals surface area contributed by atoms with Crippen molar-refractivity contribution in [3.8, 4) is 12.0 Å². The van der Waals surface area contributed by atoms with Crippen molar-refractivity contribution in [2.45, 2.75) is 20.3 Å². The molecule has 0 N–H and O–H groups in total. The third kappa shape index (κ3) is 3.19. The maximum absolute atomic E-state index is 2.99. The molecule has 0 aromatic heterocycles. The van der Waals surface area contributed by atoms with Crippen LogP contribution in [0.4, 0.5) is 0 Å². The van der Waals surface area contributed by atoms with Gasteiger partial charge >= 0.3 is 0 Å². The van der Waals surface area contributed by atoms with Crippen LogP contribution in [0.2, 0.25) is 0 Å². The summed E-state index contributed by atoms with van der Waals surface area (Å²) in [5.41, 5.74) is 0. The van der Waals surface area contributed by atoms with Gasteiger partial charge in [0.25, 0.3) is 0 Å². The van der Waals surface area contributed by atoms with Gasteiger partial charge in [-0.25, -0.2) is 0 Å². The largest absolute Gasteiger partial charge is 0.358 e. The van der Waals surface area contributed by atoms with Gasteiger partial charge in [0.2, 0.25) is 0 Å². The van der Waals surface area contributed by atoms with Gasteiger partial charge in [-0.05, 0) is 13.3 Å². The molecule has 0 bridgehead atoms. The van der Waals surface area contributed by atoms with Gasteiger partial charge in [0.1, 0.15) is 6.67 Å². The van der Waals surface area contributed by atoms with Crippen LogP contribution in [0.15, 0.2) is 12.4 Å². The molecule has 0 saturated carbocycles. The van der Waals surface area contributed by atoms with E-state index in [4.69, 9.17) is 0 Å². The van der Waals surface area contributed by atoms with Crippen molar-refractivity contribution in [1.29, 1.82) is 0 Å². The van der Waals surface area contributed by atoms with E-state index in [9.17, 15) is 0 Å². The number of rotatable bonds is 2. The van der Waals surface area contributed by atoms with E-state index in [0.717, 1.165) is 13.2 Å². The Balaban J connectivity index is 0.00000121. The summed E-state index contributed by atoms with van der Waals surface area (Å²) in [6.07, 6.45) is 5.30. The molecule has 0 spiro atoms. The standard InChI is InChI=1S/C9H14N2.BrH/c1-3-5-10-7-8-11(9-10)6-4-2;/h7-8H,3,5,9H2,1-2H3;1H. The molecule has 0 radical (unpaired) electrons. The average molecular weight is 231 g/mol. The predicted molar refractivity (Wildman–Crippen MR) is 56.6 cm³/mol. The normalized spacial score (nSPS) is 13.8. The lowest BCUT2D eigenvalue weighted by atomic mass is 10.4. The van der Waals surface area contributed by atoms with Crippen LogP contribution in [0.1, 0.15) is 20.3 Å². The minimum Gasteiger partial charge on any atom is -0.358 e. The highest BCUT2D eigenvalue weighted by molar-refractivity contribution is 8.93. The lowest BCUT2D eigenvalue weighted by Gasteiger charge is -2.15. The highest BCUT2D eigenvalue weighted by Gasteiger charge is 2.07. The maximum atomic E-state index is 2.99. The van der Waals surface area contributed by atoms with Crippen molar-refractivity contribution >= 4 is 17.0 Å². The van der Waals surface area contributed by atoms with Gasteiger partial charge in [-0.1, -0.05) is 12.8 Å². The highest BCUT2D eigenvalue weighted by atomic mass is 79.9. The summed E-state index contributed by atoms with van der Waals surface area (Å²) in [5, 5.41) is 0. The Labute approximate surface area is 85.0 Å². The van der Waals surface area contributed by atoms with Crippen molar-refractivity contribution < 1.29 is 0 Å². The molecule has 3 heteroatoms. The van der Waals surface area contributed by atoms with E-state index < -0.39 is 0 Å². The van der Waals surface area contributed by atoms with E-state index >= 15 is 0 Å². The van der Waals surface area contributed by atoms with Crippen molar-refractivity contribution in [2.75, 3.05) is 13.2 Å². The zero-order valence-corrected chi connectivity index (χ0v) is 9.29. The Morgan fingerprint density at radius 1 is 1.42 bits per heavy atom. The first-order valence-electron chi connectivity index (χ1n) is 3.98. The first kappa shape index (κ1) is 11.4. The van der Waals surface area contributed by atoms with Gasteiger partial charge in [0, 0.05) is 25.0 Å². The first-order valence-corrected chi connectivity index (χ1v) is 3.98. The summed E-state index contributed by atoms with van der Waals surface area (Å²) >= 11 is 0. The van der Waals surface area contributed by atoms with Crippen molar-refractivity contribution in [3.05, 3.63) is 12.4 Å². The molecule has 0 amide bonds. The summed E-state index contributed by atoms with van der Waals surface area (Å²) in [6, 6.07) is 2.99. The summed E-state index contributed by atoms with van der Waals surface area (Å²) in [6.45, 7) is 6.09. The quantitative estimate of drug-likeness (QED) is 0.670. The number of hydrogen-bond donors (Lipinski definition) is 0. The Bertz CT molecular complexity index is 202. The van der Waals surface area contributed by atoms with Crippen LogP contribution in [0, 0.1) is 12.0 Å². The third-order valence-electron chi connectivity index (χ3n) is 1.56. The zero-order chi connectivity index (χ0) is 8.10. The topological polar surface area (TPSA) is 6.48 Å². The van der Waals surface area contributed by atoms with E-state index in [1.807, 2.05) is 18.0 Å². The second kappa shape index (κ2) is 5.96. The van der Waals surface area contributed by atoms with E-state index in [-0.39, 0.29) is 17.0 Å². The Kier molecular flexibility index (Phi) is 5.65. The smallest absolute Gasteiger partial charge is 0.102 e. The molecule has 0 unspecified atom stereocenters. The molecule has 0 atom stereocenters. The molecule has 1 aliphatic heterocycles. The minimum atomic E-state index is 0. The van der Waals surface area contributed by atoms with Crippen molar-refractivity contribution in [3.63, 3.8) is 0 Å². The molecule has 0 fully saturated rings. The molecule has 12 heavy (non-hydrogen) atoms. The lowest BCUT2D eigenvalue weighted by Crippen LogP contribution is -2.22. The third-order valence-corrected chi connectivity index (χ3v) is 1.56. The molecular weight excluding hydrogens is 216 g/mol. The minimum absolute atomic E-state index is 0. The van der Waals surface area contributed by atoms with Gasteiger partial charge < -0.3 is 4.90 Å². The fourth-order valence-corrected chi connectivity index (χ4v) is 1.11. The predicted octanol–water partition coefficient (Wildman–Crippen LogP) is 2.00. The zero-order valence-electron chi connectivity index (χ0n) is 7.58. The molecule has 0 aromatic rings. The van der Waals surface area contributed by atoms with Gasteiger partial charge in [-0.2, -0.15) is 0 Å². The second-order valence-electron chi connectivity index (χ2n) is 2.58. The van der Waals surface area contributed by atoms with E-state index in [2.05, 4.69) is 30.0 Å². The van der Waals surface area contributed by atoms with E-state index in [0.29, 0.717) is 0 Å². The fraction of sp³-hybridized carbons (Fsp3) is 0.556. The molecule has 0 saturated heterocycles. The molecule has 68 valence electrons. The summed E-state index contributed by atoms with van der Waals surface area (Å²) in [7, 11) is 0. The van der Waals surface area contributed by atoms with Gasteiger partial charge in [-0.15, -0.1) is 17.0 Å². The SMILES string of the molecule is Br.CC#CN1C=CN(CCC)C1. The van der Waals surface area contributed by atoms with Crippen molar-refractivity contribution in [1.82, 2.24) is 9.80 Å². The van der Waals surface area contributed by atoms with Crippen LogP contribution < -0.4 is 0 Å². The second-order valence-corrected chi connectivity index (χ2v) is 2.58. The lowest BCUT2D eigenvalue weighted by molar-refractivity contribution is 0.323. The fourth-order valence-electron chi connectivity index (χ4n) is 1.11. The number of halogens is 1. The monoisotopic (exact) mass is 230 g/mol. The van der Waals surface area contributed by atoms with Crippen LogP contribution in [-0.2, 0) is 0 Å². The Morgan fingerprint density at radius 2 is 2.17 bits per heavy atom. The first-order chi connectivity index (χ1) is 5.36. The Morgan fingerprint density at radius 3 is 2.75 bits per heavy atom. The number of hydrogen-bond acceptors (Lipinski definition) is 2. The van der Waals surface area contributed by atoms with Crippen LogP contribution in [0.25, 0.3) is 0 Å². The maximum Gasteiger partial charge on any atom is 0.102 e. The van der Waals surface area contributed by atoms with Crippen LogP contribution in [-0.4, -0.2) is 23.0 Å². The highest BCUT2D eigenvalue weighted by Crippen LogP contribution is 2.04. The molecule has 0 aliphatic carbocycles. The van der Waals surface area contributed by atoms with Crippen LogP contribution in [0.3, 0.4) is 0 Å². The summed E-state index contributed by atoms with van der Waals surface area (Å²) in [5.74, 6) is 2.87.